The van der Waals surface area contributed by atoms with Crippen molar-refractivity contribution in [2.45, 2.75) is 64.1 Å². The Morgan fingerprint density at radius 1 is 1.48 bits per heavy atom. The summed E-state index contributed by atoms with van der Waals surface area (Å²) in [4.78, 5) is 4.57. The number of methoxy groups -OCH3 is 1. The molecule has 126 valence electrons. The Morgan fingerprint density at radius 2 is 2.26 bits per heavy atom. The summed E-state index contributed by atoms with van der Waals surface area (Å²) in [7, 11) is 1.64. The third-order valence-corrected chi connectivity index (χ3v) is 4.73. The SMILES string of the molecule is COc1cc(CN[C@@H]2CCC[C@@]2(C)O)cc2nc(C(C)C)oc12. The van der Waals surface area contributed by atoms with Crippen LogP contribution in [0.25, 0.3) is 11.1 Å². The molecule has 2 aromatic rings. The Hall–Kier alpha value is -1.59. The normalized spacial score (nSPS) is 24.7. The molecule has 1 saturated carbocycles. The van der Waals surface area contributed by atoms with E-state index in [1.165, 1.54) is 0 Å². The van der Waals surface area contributed by atoms with E-state index in [0.29, 0.717) is 17.9 Å². The summed E-state index contributed by atoms with van der Waals surface area (Å²) >= 11 is 0. The number of benzene rings is 1. The predicted octanol–water partition coefficient (Wildman–Crippen LogP) is 3.35. The highest BCUT2D eigenvalue weighted by atomic mass is 16.5. The monoisotopic (exact) mass is 318 g/mol. The zero-order chi connectivity index (χ0) is 16.6. The minimum absolute atomic E-state index is 0.132. The summed E-state index contributed by atoms with van der Waals surface area (Å²) in [5.74, 6) is 1.67. The molecule has 0 amide bonds. The number of nitrogens with zero attached hydrogens (tertiary/aromatic N) is 1. The summed E-state index contributed by atoms with van der Waals surface area (Å²) in [6, 6.07) is 4.14. The van der Waals surface area contributed by atoms with Crippen LogP contribution in [0.4, 0.5) is 0 Å². The van der Waals surface area contributed by atoms with Gasteiger partial charge >= 0.3 is 0 Å². The molecule has 0 radical (unpaired) electrons. The summed E-state index contributed by atoms with van der Waals surface area (Å²) in [6.07, 6.45) is 2.93. The highest BCUT2D eigenvalue weighted by molar-refractivity contribution is 5.80. The zero-order valence-electron chi connectivity index (χ0n) is 14.3. The maximum absolute atomic E-state index is 10.4. The van der Waals surface area contributed by atoms with Gasteiger partial charge in [-0.15, -0.1) is 0 Å². The van der Waals surface area contributed by atoms with Crippen molar-refractivity contribution in [1.29, 1.82) is 0 Å². The summed E-state index contributed by atoms with van der Waals surface area (Å²) in [5.41, 5.74) is 1.99. The van der Waals surface area contributed by atoms with Crippen molar-refractivity contribution in [1.82, 2.24) is 10.3 Å². The van der Waals surface area contributed by atoms with E-state index < -0.39 is 5.60 Å². The van der Waals surface area contributed by atoms with E-state index in [4.69, 9.17) is 9.15 Å². The summed E-state index contributed by atoms with van der Waals surface area (Å²) in [6.45, 7) is 6.70. The van der Waals surface area contributed by atoms with Crippen LogP contribution in [-0.4, -0.2) is 28.8 Å². The van der Waals surface area contributed by atoms with Crippen LogP contribution < -0.4 is 10.1 Å². The van der Waals surface area contributed by atoms with Gasteiger partial charge in [-0.1, -0.05) is 13.8 Å². The molecule has 0 bridgehead atoms. The molecular formula is C18H26N2O3. The van der Waals surface area contributed by atoms with Crippen molar-refractivity contribution < 1.29 is 14.3 Å². The van der Waals surface area contributed by atoms with E-state index in [9.17, 15) is 5.11 Å². The van der Waals surface area contributed by atoms with Gasteiger partial charge in [0, 0.05) is 18.5 Å². The van der Waals surface area contributed by atoms with E-state index in [0.717, 1.165) is 36.2 Å². The maximum atomic E-state index is 10.4. The molecule has 0 unspecified atom stereocenters. The van der Waals surface area contributed by atoms with E-state index in [-0.39, 0.29) is 12.0 Å². The second-order valence-electron chi connectivity index (χ2n) is 7.04. The minimum Gasteiger partial charge on any atom is -0.493 e. The number of hydrogen-bond acceptors (Lipinski definition) is 5. The highest BCUT2D eigenvalue weighted by Crippen LogP contribution is 2.32. The Kier molecular flexibility index (Phi) is 4.34. The average Bonchev–Trinajstić information content (AvgIpc) is 3.07. The van der Waals surface area contributed by atoms with Gasteiger partial charge in [0.2, 0.25) is 0 Å². The van der Waals surface area contributed by atoms with Crippen LogP contribution in [0.2, 0.25) is 0 Å². The smallest absolute Gasteiger partial charge is 0.198 e. The fraction of sp³-hybridized carbons (Fsp3) is 0.611. The fourth-order valence-corrected chi connectivity index (χ4v) is 3.29. The number of rotatable bonds is 5. The molecule has 1 heterocycles. The molecule has 2 N–H and O–H groups in total. The van der Waals surface area contributed by atoms with Gasteiger partial charge in [0.05, 0.1) is 12.7 Å². The molecule has 0 aliphatic heterocycles. The Morgan fingerprint density at radius 3 is 2.87 bits per heavy atom. The van der Waals surface area contributed by atoms with Crippen LogP contribution in [0.15, 0.2) is 16.5 Å². The lowest BCUT2D eigenvalue weighted by molar-refractivity contribution is 0.0387. The molecule has 5 heteroatoms. The quantitative estimate of drug-likeness (QED) is 0.885. The summed E-state index contributed by atoms with van der Waals surface area (Å²) in [5, 5.41) is 13.8. The lowest BCUT2D eigenvalue weighted by Gasteiger charge is -2.26. The standard InChI is InChI=1S/C18H26N2O3/c1-11(2)17-20-13-8-12(9-14(22-4)16(13)23-17)10-19-15-6-5-7-18(15,3)21/h8-9,11,15,19,21H,5-7,10H2,1-4H3/t15-,18-/m1/s1. The Bertz CT molecular complexity index is 691. The second kappa shape index (κ2) is 6.13. The van der Waals surface area contributed by atoms with E-state index >= 15 is 0 Å². The van der Waals surface area contributed by atoms with Crippen molar-refractivity contribution in [2.75, 3.05) is 7.11 Å². The van der Waals surface area contributed by atoms with E-state index in [1.54, 1.807) is 7.11 Å². The van der Waals surface area contributed by atoms with Crippen LogP contribution >= 0.6 is 0 Å². The highest BCUT2D eigenvalue weighted by Gasteiger charge is 2.36. The van der Waals surface area contributed by atoms with Crippen molar-refractivity contribution in [3.05, 3.63) is 23.6 Å². The fourth-order valence-electron chi connectivity index (χ4n) is 3.29. The molecule has 1 aromatic carbocycles. The topological polar surface area (TPSA) is 67.5 Å². The maximum Gasteiger partial charge on any atom is 0.198 e. The van der Waals surface area contributed by atoms with E-state index in [1.807, 2.05) is 19.1 Å². The summed E-state index contributed by atoms with van der Waals surface area (Å²) < 4.78 is 11.3. The van der Waals surface area contributed by atoms with Gasteiger partial charge in [-0.3, -0.25) is 0 Å². The third-order valence-electron chi connectivity index (χ3n) is 4.73. The largest absolute Gasteiger partial charge is 0.493 e. The molecular weight excluding hydrogens is 292 g/mol. The molecule has 0 saturated heterocycles. The van der Waals surface area contributed by atoms with Gasteiger partial charge in [0.1, 0.15) is 5.52 Å². The number of aliphatic hydroxyl groups is 1. The number of ether oxygens (including phenoxy) is 1. The Labute approximate surface area is 137 Å². The van der Waals surface area contributed by atoms with Crippen LogP contribution in [-0.2, 0) is 6.54 Å². The first kappa shape index (κ1) is 16.3. The zero-order valence-corrected chi connectivity index (χ0v) is 14.3. The van der Waals surface area contributed by atoms with Gasteiger partial charge in [-0.25, -0.2) is 4.98 Å². The van der Waals surface area contributed by atoms with Crippen molar-refractivity contribution in [3.63, 3.8) is 0 Å². The number of aromatic nitrogens is 1. The molecule has 3 rings (SSSR count). The van der Waals surface area contributed by atoms with E-state index in [2.05, 4.69) is 24.1 Å². The van der Waals surface area contributed by atoms with Crippen LogP contribution in [0.3, 0.4) is 0 Å². The number of nitrogens with one attached hydrogen (secondary N) is 1. The van der Waals surface area contributed by atoms with Crippen LogP contribution in [0.5, 0.6) is 5.75 Å². The van der Waals surface area contributed by atoms with Crippen molar-refractivity contribution >= 4 is 11.1 Å². The molecule has 1 aliphatic carbocycles. The first-order chi connectivity index (χ1) is 10.9. The second-order valence-corrected chi connectivity index (χ2v) is 7.04. The van der Waals surface area contributed by atoms with Crippen molar-refractivity contribution in [3.8, 4) is 5.75 Å². The lowest BCUT2D eigenvalue weighted by Crippen LogP contribution is -2.44. The number of oxazole rings is 1. The molecule has 1 aliphatic rings. The molecule has 0 spiro atoms. The van der Waals surface area contributed by atoms with Gasteiger partial charge in [-0.05, 0) is 43.9 Å². The first-order valence-electron chi connectivity index (χ1n) is 8.34. The van der Waals surface area contributed by atoms with Gasteiger partial charge in [0.15, 0.2) is 17.2 Å². The number of fused-ring (bicyclic) bond motifs is 1. The average molecular weight is 318 g/mol. The van der Waals surface area contributed by atoms with Gasteiger partial charge in [-0.2, -0.15) is 0 Å². The molecule has 2 atom stereocenters. The molecule has 1 fully saturated rings. The third kappa shape index (κ3) is 3.21. The van der Waals surface area contributed by atoms with Crippen LogP contribution in [0.1, 0.15) is 57.4 Å². The van der Waals surface area contributed by atoms with Crippen molar-refractivity contribution in [2.24, 2.45) is 0 Å². The molecule has 1 aromatic heterocycles. The van der Waals surface area contributed by atoms with Gasteiger partial charge in [0.25, 0.3) is 0 Å². The molecule has 23 heavy (non-hydrogen) atoms. The first-order valence-corrected chi connectivity index (χ1v) is 8.34. The number of hydrogen-bond donors (Lipinski definition) is 2. The lowest BCUT2D eigenvalue weighted by atomic mass is 10.0. The Balaban J connectivity index is 1.83. The van der Waals surface area contributed by atoms with Gasteiger partial charge < -0.3 is 19.6 Å². The van der Waals surface area contributed by atoms with Crippen LogP contribution in [0, 0.1) is 0 Å². The predicted molar refractivity (Wildman–Crippen MR) is 89.8 cm³/mol. The molecule has 5 nitrogen and oxygen atoms in total. The minimum atomic E-state index is -0.618.